The second-order valence-electron chi connectivity index (χ2n) is 5.02. The number of methoxy groups -OCH3 is 1. The number of thiocarbonyl (C=S) groups is 1. The van der Waals surface area contributed by atoms with Crippen LogP contribution in [0.3, 0.4) is 0 Å². The normalized spacial score (nSPS) is 15.0. The molecule has 0 spiro atoms. The lowest BCUT2D eigenvalue weighted by atomic mass is 9.86. The lowest BCUT2D eigenvalue weighted by Crippen LogP contribution is -2.47. The van der Waals surface area contributed by atoms with E-state index in [1.807, 2.05) is 38.1 Å². The van der Waals surface area contributed by atoms with Crippen molar-refractivity contribution >= 4 is 23.1 Å². The number of hydrogen-bond donors (Lipinski definition) is 2. The van der Waals surface area contributed by atoms with E-state index in [4.69, 9.17) is 22.7 Å². The highest BCUT2D eigenvalue weighted by Gasteiger charge is 2.35. The molecule has 0 aromatic heterocycles. The van der Waals surface area contributed by atoms with E-state index in [-0.39, 0.29) is 16.9 Å². The molecular weight excluding hydrogens is 272 g/mol. The molecular formula is C15H22N2O2S. The lowest BCUT2D eigenvalue weighted by molar-refractivity contribution is -0.127. The Kier molecular flexibility index (Phi) is 5.51. The fraction of sp³-hybridized carbons (Fsp3) is 0.467. The van der Waals surface area contributed by atoms with Gasteiger partial charge in [-0.25, -0.2) is 0 Å². The van der Waals surface area contributed by atoms with Crippen LogP contribution in [0.25, 0.3) is 0 Å². The third-order valence-corrected chi connectivity index (χ3v) is 4.17. The standard InChI is InChI=1S/C15H22N2O2S/c1-5-15(3,13(16)20)14(18)17-10(2)11-6-8-12(19-4)9-7-11/h6-10H,5H2,1-4H3,(H2,16,20)(H,17,18). The summed E-state index contributed by atoms with van der Waals surface area (Å²) < 4.78 is 5.11. The second kappa shape index (κ2) is 6.70. The van der Waals surface area contributed by atoms with Gasteiger partial charge in [-0.1, -0.05) is 31.3 Å². The molecule has 1 rings (SSSR count). The summed E-state index contributed by atoms with van der Waals surface area (Å²) in [4.78, 5) is 12.6. The minimum Gasteiger partial charge on any atom is -0.497 e. The predicted molar refractivity (Wildman–Crippen MR) is 84.7 cm³/mol. The minimum atomic E-state index is -0.809. The molecule has 20 heavy (non-hydrogen) atoms. The van der Waals surface area contributed by atoms with E-state index in [1.54, 1.807) is 14.0 Å². The maximum atomic E-state index is 12.3. The van der Waals surface area contributed by atoms with Crippen LogP contribution in [0.2, 0.25) is 0 Å². The number of carbonyl (C=O) groups excluding carboxylic acids is 1. The maximum absolute atomic E-state index is 12.3. The SMILES string of the molecule is CCC(C)(C(=O)NC(C)c1ccc(OC)cc1)C(N)=S. The van der Waals surface area contributed by atoms with Crippen LogP contribution in [0, 0.1) is 5.41 Å². The van der Waals surface area contributed by atoms with Crippen molar-refractivity contribution in [2.24, 2.45) is 11.1 Å². The summed E-state index contributed by atoms with van der Waals surface area (Å²) in [7, 11) is 1.62. The Morgan fingerprint density at radius 1 is 1.45 bits per heavy atom. The van der Waals surface area contributed by atoms with Crippen molar-refractivity contribution < 1.29 is 9.53 Å². The molecule has 0 saturated heterocycles. The zero-order chi connectivity index (χ0) is 15.3. The molecule has 2 unspecified atom stereocenters. The molecule has 1 aromatic carbocycles. The highest BCUT2D eigenvalue weighted by Crippen LogP contribution is 2.24. The Morgan fingerprint density at radius 2 is 2.00 bits per heavy atom. The number of hydrogen-bond acceptors (Lipinski definition) is 3. The first-order valence-electron chi connectivity index (χ1n) is 6.60. The summed E-state index contributed by atoms with van der Waals surface area (Å²) >= 11 is 5.01. The molecule has 0 bridgehead atoms. The van der Waals surface area contributed by atoms with Crippen molar-refractivity contribution in [3.63, 3.8) is 0 Å². The van der Waals surface area contributed by atoms with E-state index in [0.29, 0.717) is 6.42 Å². The fourth-order valence-corrected chi connectivity index (χ4v) is 2.02. The molecule has 1 aromatic rings. The van der Waals surface area contributed by atoms with Gasteiger partial charge in [0.2, 0.25) is 5.91 Å². The largest absolute Gasteiger partial charge is 0.497 e. The Morgan fingerprint density at radius 3 is 2.40 bits per heavy atom. The molecule has 3 N–H and O–H groups in total. The van der Waals surface area contributed by atoms with E-state index in [2.05, 4.69) is 5.32 Å². The average molecular weight is 294 g/mol. The Balaban J connectivity index is 2.81. The molecule has 0 heterocycles. The number of rotatable bonds is 6. The predicted octanol–water partition coefficient (Wildman–Crippen LogP) is 2.57. The third-order valence-electron chi connectivity index (χ3n) is 3.72. The average Bonchev–Trinajstić information content (AvgIpc) is 2.45. The van der Waals surface area contributed by atoms with Gasteiger partial charge >= 0.3 is 0 Å². The molecule has 0 aliphatic carbocycles. The lowest BCUT2D eigenvalue weighted by Gasteiger charge is -2.27. The summed E-state index contributed by atoms with van der Waals surface area (Å²) in [5.41, 5.74) is 5.88. The molecule has 5 heteroatoms. The summed E-state index contributed by atoms with van der Waals surface area (Å²) in [6.45, 7) is 5.59. The topological polar surface area (TPSA) is 64.3 Å². The molecule has 0 radical (unpaired) electrons. The zero-order valence-electron chi connectivity index (χ0n) is 12.4. The second-order valence-corrected chi connectivity index (χ2v) is 5.46. The smallest absolute Gasteiger partial charge is 0.233 e. The minimum absolute atomic E-state index is 0.117. The van der Waals surface area contributed by atoms with Gasteiger partial charge in [0.25, 0.3) is 0 Å². The number of carbonyl (C=O) groups is 1. The molecule has 2 atom stereocenters. The highest BCUT2D eigenvalue weighted by molar-refractivity contribution is 7.80. The third kappa shape index (κ3) is 3.48. The van der Waals surface area contributed by atoms with Gasteiger partial charge in [-0.3, -0.25) is 4.79 Å². The monoisotopic (exact) mass is 294 g/mol. The highest BCUT2D eigenvalue weighted by atomic mass is 32.1. The summed E-state index contributed by atoms with van der Waals surface area (Å²) in [6.07, 6.45) is 0.573. The van der Waals surface area contributed by atoms with Gasteiger partial charge in [-0.05, 0) is 38.0 Å². The molecule has 0 saturated carbocycles. The van der Waals surface area contributed by atoms with Gasteiger partial charge < -0.3 is 15.8 Å². The van der Waals surface area contributed by atoms with Gasteiger partial charge in [0.05, 0.1) is 23.6 Å². The fourth-order valence-electron chi connectivity index (χ4n) is 1.78. The van der Waals surface area contributed by atoms with Crippen LogP contribution in [0.5, 0.6) is 5.75 Å². The van der Waals surface area contributed by atoms with Gasteiger partial charge in [0.15, 0.2) is 0 Å². The number of amides is 1. The Hall–Kier alpha value is -1.62. The Labute approximate surface area is 125 Å². The van der Waals surface area contributed by atoms with E-state index in [0.717, 1.165) is 11.3 Å². The summed E-state index contributed by atoms with van der Waals surface area (Å²) in [5, 5.41) is 2.96. The van der Waals surface area contributed by atoms with E-state index < -0.39 is 5.41 Å². The van der Waals surface area contributed by atoms with Crippen molar-refractivity contribution in [1.82, 2.24) is 5.32 Å². The Bertz CT molecular complexity index is 487. The van der Waals surface area contributed by atoms with E-state index in [9.17, 15) is 4.79 Å². The quantitative estimate of drug-likeness (QED) is 0.792. The van der Waals surface area contributed by atoms with Crippen LogP contribution in [-0.4, -0.2) is 18.0 Å². The van der Waals surface area contributed by atoms with Crippen molar-refractivity contribution in [3.05, 3.63) is 29.8 Å². The van der Waals surface area contributed by atoms with Crippen molar-refractivity contribution in [2.45, 2.75) is 33.2 Å². The molecule has 4 nitrogen and oxygen atoms in total. The van der Waals surface area contributed by atoms with E-state index >= 15 is 0 Å². The summed E-state index contributed by atoms with van der Waals surface area (Å²) in [6, 6.07) is 7.46. The first kappa shape index (κ1) is 16.4. The first-order chi connectivity index (χ1) is 9.35. The van der Waals surface area contributed by atoms with Gasteiger partial charge in [-0.2, -0.15) is 0 Å². The molecule has 110 valence electrons. The first-order valence-corrected chi connectivity index (χ1v) is 7.00. The molecule has 0 fully saturated rings. The van der Waals surface area contributed by atoms with Crippen molar-refractivity contribution in [2.75, 3.05) is 7.11 Å². The van der Waals surface area contributed by atoms with Gasteiger partial charge in [0, 0.05) is 0 Å². The maximum Gasteiger partial charge on any atom is 0.233 e. The zero-order valence-corrected chi connectivity index (χ0v) is 13.2. The van der Waals surface area contributed by atoms with Gasteiger partial charge in [-0.15, -0.1) is 0 Å². The van der Waals surface area contributed by atoms with Crippen LogP contribution in [0.4, 0.5) is 0 Å². The van der Waals surface area contributed by atoms with Crippen LogP contribution in [-0.2, 0) is 4.79 Å². The number of benzene rings is 1. The number of ether oxygens (including phenoxy) is 1. The van der Waals surface area contributed by atoms with Crippen LogP contribution in [0.1, 0.15) is 38.8 Å². The van der Waals surface area contributed by atoms with Crippen molar-refractivity contribution in [3.8, 4) is 5.75 Å². The number of nitrogens with two attached hydrogens (primary N) is 1. The van der Waals surface area contributed by atoms with Crippen LogP contribution in [0.15, 0.2) is 24.3 Å². The molecule has 0 aliphatic heterocycles. The molecule has 0 aliphatic rings. The van der Waals surface area contributed by atoms with Crippen LogP contribution < -0.4 is 15.8 Å². The summed E-state index contributed by atoms with van der Waals surface area (Å²) in [5.74, 6) is 0.643. The molecule has 1 amide bonds. The van der Waals surface area contributed by atoms with Crippen molar-refractivity contribution in [1.29, 1.82) is 0 Å². The van der Waals surface area contributed by atoms with Crippen LogP contribution >= 0.6 is 12.2 Å². The number of nitrogens with one attached hydrogen (secondary N) is 1. The van der Waals surface area contributed by atoms with Gasteiger partial charge in [0.1, 0.15) is 5.75 Å². The van der Waals surface area contributed by atoms with E-state index in [1.165, 1.54) is 0 Å².